The van der Waals surface area contributed by atoms with Crippen LogP contribution in [0.25, 0.3) is 5.69 Å². The summed E-state index contributed by atoms with van der Waals surface area (Å²) in [6, 6.07) is 7.09. The lowest BCUT2D eigenvalue weighted by Gasteiger charge is -2.31. The molecule has 19 heavy (non-hydrogen) atoms. The monoisotopic (exact) mass is 259 g/mol. The van der Waals surface area contributed by atoms with Crippen molar-refractivity contribution in [3.05, 3.63) is 36.2 Å². The number of hydrogen-bond acceptors (Lipinski definition) is 5. The van der Waals surface area contributed by atoms with Crippen molar-refractivity contribution in [2.24, 2.45) is 0 Å². The highest BCUT2D eigenvalue weighted by atomic mass is 16.3. The molecule has 1 aromatic heterocycles. The van der Waals surface area contributed by atoms with E-state index < -0.39 is 0 Å². The molecule has 1 aliphatic carbocycles. The molecule has 7 nitrogen and oxygen atoms in total. The zero-order chi connectivity index (χ0) is 13.2. The van der Waals surface area contributed by atoms with Gasteiger partial charge in [-0.25, -0.2) is 4.68 Å². The molecule has 3 rings (SSSR count). The number of benzene rings is 1. The quantitative estimate of drug-likeness (QED) is 0.804. The number of nitrogens with zero attached hydrogens (tertiary/aromatic N) is 4. The Morgan fingerprint density at radius 3 is 2.63 bits per heavy atom. The van der Waals surface area contributed by atoms with E-state index in [2.05, 4.69) is 20.8 Å². The number of nitrogens with one attached hydrogen (secondary N) is 1. The molecule has 0 saturated heterocycles. The zero-order valence-electron chi connectivity index (χ0n) is 10.1. The van der Waals surface area contributed by atoms with Crippen molar-refractivity contribution < 1.29 is 9.90 Å². The van der Waals surface area contributed by atoms with Crippen LogP contribution in [0.3, 0.4) is 0 Å². The molecule has 2 aromatic rings. The van der Waals surface area contributed by atoms with Crippen LogP contribution in [0.4, 0.5) is 0 Å². The van der Waals surface area contributed by atoms with Gasteiger partial charge in [-0.15, -0.1) is 5.10 Å². The van der Waals surface area contributed by atoms with E-state index in [1.54, 1.807) is 24.3 Å². The highest BCUT2D eigenvalue weighted by Gasteiger charge is 2.28. The van der Waals surface area contributed by atoms with Gasteiger partial charge >= 0.3 is 0 Å². The highest BCUT2D eigenvalue weighted by molar-refractivity contribution is 5.94. The van der Waals surface area contributed by atoms with Crippen LogP contribution in [0.15, 0.2) is 30.6 Å². The summed E-state index contributed by atoms with van der Waals surface area (Å²) in [7, 11) is 0. The van der Waals surface area contributed by atoms with Gasteiger partial charge in [-0.2, -0.15) is 0 Å². The first-order valence-electron chi connectivity index (χ1n) is 6.05. The molecule has 1 aromatic carbocycles. The minimum atomic E-state index is -0.271. The summed E-state index contributed by atoms with van der Waals surface area (Å²) in [5, 5.41) is 22.9. The van der Waals surface area contributed by atoms with E-state index in [1.165, 1.54) is 11.0 Å². The third kappa shape index (κ3) is 2.45. The maximum Gasteiger partial charge on any atom is 0.251 e. The van der Waals surface area contributed by atoms with Gasteiger partial charge in [0, 0.05) is 11.6 Å². The van der Waals surface area contributed by atoms with Crippen molar-refractivity contribution >= 4 is 5.91 Å². The lowest BCUT2D eigenvalue weighted by atomic mass is 9.89. The predicted molar refractivity (Wildman–Crippen MR) is 65.6 cm³/mol. The van der Waals surface area contributed by atoms with E-state index in [0.29, 0.717) is 18.4 Å². The number of carbonyl (C=O) groups excluding carboxylic acids is 1. The molecule has 1 amide bonds. The molecule has 0 aliphatic heterocycles. The third-order valence-electron chi connectivity index (χ3n) is 3.19. The van der Waals surface area contributed by atoms with E-state index in [9.17, 15) is 9.90 Å². The van der Waals surface area contributed by atoms with Gasteiger partial charge in [0.05, 0.1) is 11.8 Å². The molecule has 1 saturated carbocycles. The number of rotatable bonds is 3. The number of hydrogen-bond donors (Lipinski definition) is 2. The van der Waals surface area contributed by atoms with Gasteiger partial charge in [0.1, 0.15) is 6.33 Å². The number of carbonyl (C=O) groups is 1. The standard InChI is InChI=1S/C12H13N5O2/c18-11-5-9(6-11)14-12(19)8-1-3-10(4-2-8)17-7-13-15-16-17/h1-4,7,9,11,18H,5-6H2,(H,14,19). The molecule has 2 N–H and O–H groups in total. The molecule has 0 atom stereocenters. The first-order chi connectivity index (χ1) is 9.22. The Balaban J connectivity index is 1.67. The van der Waals surface area contributed by atoms with E-state index in [0.717, 1.165) is 5.69 Å². The van der Waals surface area contributed by atoms with Gasteiger partial charge in [-0.05, 0) is 47.5 Å². The third-order valence-corrected chi connectivity index (χ3v) is 3.19. The summed E-state index contributed by atoms with van der Waals surface area (Å²) in [4.78, 5) is 11.9. The minimum absolute atomic E-state index is 0.0849. The molecular formula is C12H13N5O2. The average molecular weight is 259 g/mol. The molecule has 0 radical (unpaired) electrons. The zero-order valence-corrected chi connectivity index (χ0v) is 10.1. The van der Waals surface area contributed by atoms with E-state index >= 15 is 0 Å². The Bertz CT molecular complexity index is 560. The molecule has 7 heteroatoms. The second kappa shape index (κ2) is 4.77. The largest absolute Gasteiger partial charge is 0.393 e. The van der Waals surface area contributed by atoms with Gasteiger partial charge in [-0.3, -0.25) is 4.79 Å². The average Bonchev–Trinajstić information content (AvgIpc) is 2.91. The smallest absolute Gasteiger partial charge is 0.251 e. The van der Waals surface area contributed by atoms with Crippen molar-refractivity contribution in [3.63, 3.8) is 0 Å². The number of aliphatic hydroxyl groups excluding tert-OH is 1. The minimum Gasteiger partial charge on any atom is -0.393 e. The van der Waals surface area contributed by atoms with Crippen LogP contribution in [0.1, 0.15) is 23.2 Å². The van der Waals surface area contributed by atoms with Crippen LogP contribution < -0.4 is 5.32 Å². The van der Waals surface area contributed by atoms with Crippen molar-refractivity contribution in [2.45, 2.75) is 25.0 Å². The van der Waals surface area contributed by atoms with Crippen LogP contribution in [0, 0.1) is 0 Å². The fourth-order valence-corrected chi connectivity index (χ4v) is 2.02. The Hall–Kier alpha value is -2.28. The molecule has 1 fully saturated rings. The fraction of sp³-hybridized carbons (Fsp3) is 0.333. The summed E-state index contributed by atoms with van der Waals surface area (Å²) in [6.45, 7) is 0. The van der Waals surface area contributed by atoms with Crippen LogP contribution in [-0.2, 0) is 0 Å². The number of tetrazole rings is 1. The number of aliphatic hydroxyl groups is 1. The Morgan fingerprint density at radius 2 is 2.05 bits per heavy atom. The SMILES string of the molecule is O=C(NC1CC(O)C1)c1ccc(-n2cnnn2)cc1. The summed E-state index contributed by atoms with van der Waals surface area (Å²) < 4.78 is 1.52. The maximum atomic E-state index is 11.9. The Morgan fingerprint density at radius 1 is 1.32 bits per heavy atom. The first-order valence-corrected chi connectivity index (χ1v) is 6.05. The van der Waals surface area contributed by atoms with E-state index in [4.69, 9.17) is 0 Å². The molecule has 0 spiro atoms. The van der Waals surface area contributed by atoms with Gasteiger partial charge in [-0.1, -0.05) is 0 Å². The van der Waals surface area contributed by atoms with Crippen LogP contribution in [0.5, 0.6) is 0 Å². The van der Waals surface area contributed by atoms with Crippen molar-refractivity contribution in [2.75, 3.05) is 0 Å². The fourth-order valence-electron chi connectivity index (χ4n) is 2.02. The van der Waals surface area contributed by atoms with Gasteiger partial charge < -0.3 is 10.4 Å². The summed E-state index contributed by atoms with van der Waals surface area (Å²) in [5.74, 6) is -0.125. The summed E-state index contributed by atoms with van der Waals surface area (Å²) >= 11 is 0. The highest BCUT2D eigenvalue weighted by Crippen LogP contribution is 2.19. The van der Waals surface area contributed by atoms with Crippen molar-refractivity contribution in [1.29, 1.82) is 0 Å². The topological polar surface area (TPSA) is 92.9 Å². The summed E-state index contributed by atoms with van der Waals surface area (Å²) in [6.07, 6.45) is 2.49. The lowest BCUT2D eigenvalue weighted by Crippen LogP contribution is -2.46. The van der Waals surface area contributed by atoms with Crippen molar-refractivity contribution in [3.8, 4) is 5.69 Å². The predicted octanol–water partition coefficient (Wildman–Crippen LogP) is -0.0846. The normalized spacial score (nSPS) is 21.7. The number of amides is 1. The van der Waals surface area contributed by atoms with Crippen LogP contribution >= 0.6 is 0 Å². The second-order valence-corrected chi connectivity index (χ2v) is 4.60. The van der Waals surface area contributed by atoms with E-state index in [-0.39, 0.29) is 18.1 Å². The molecule has 0 unspecified atom stereocenters. The Labute approximate surface area is 109 Å². The van der Waals surface area contributed by atoms with Gasteiger partial charge in [0.2, 0.25) is 0 Å². The molecule has 0 bridgehead atoms. The second-order valence-electron chi connectivity index (χ2n) is 4.60. The van der Waals surface area contributed by atoms with Crippen molar-refractivity contribution in [1.82, 2.24) is 25.5 Å². The Kier molecular flexibility index (Phi) is 2.96. The molecule has 1 heterocycles. The maximum absolute atomic E-state index is 11.9. The molecule has 98 valence electrons. The van der Waals surface area contributed by atoms with Gasteiger partial charge in [0.25, 0.3) is 5.91 Å². The molecule has 1 aliphatic rings. The first kappa shape index (κ1) is 11.8. The van der Waals surface area contributed by atoms with Crippen LogP contribution in [-0.4, -0.2) is 43.4 Å². The van der Waals surface area contributed by atoms with E-state index in [1.807, 2.05) is 0 Å². The van der Waals surface area contributed by atoms with Gasteiger partial charge in [0.15, 0.2) is 0 Å². The number of aromatic nitrogens is 4. The summed E-state index contributed by atoms with van der Waals surface area (Å²) in [5.41, 5.74) is 1.37. The lowest BCUT2D eigenvalue weighted by molar-refractivity contribution is 0.0562. The van der Waals surface area contributed by atoms with Crippen LogP contribution in [0.2, 0.25) is 0 Å². The molecular weight excluding hydrogens is 246 g/mol.